The third kappa shape index (κ3) is 3.93. The first-order valence-electron chi connectivity index (χ1n) is 6.80. The maximum Gasteiger partial charge on any atom is 0.407 e. The average molecular weight is 313 g/mol. The van der Waals surface area contributed by atoms with Gasteiger partial charge in [0.1, 0.15) is 31.0 Å². The Balaban J connectivity index is 1.87. The van der Waals surface area contributed by atoms with Crippen molar-refractivity contribution in [2.45, 2.75) is 37.3 Å². The molecule has 8 heteroatoms. The van der Waals surface area contributed by atoms with Gasteiger partial charge in [-0.2, -0.15) is 0 Å². The molecule has 5 N–H and O–H groups in total. The number of aliphatic hydroxyl groups is 4. The van der Waals surface area contributed by atoms with Crippen molar-refractivity contribution in [3.05, 3.63) is 35.9 Å². The molecule has 0 aromatic heterocycles. The first-order valence-corrected chi connectivity index (χ1v) is 6.80. The van der Waals surface area contributed by atoms with Crippen LogP contribution in [-0.4, -0.2) is 63.8 Å². The van der Waals surface area contributed by atoms with Crippen molar-refractivity contribution in [1.29, 1.82) is 0 Å². The predicted molar refractivity (Wildman–Crippen MR) is 73.5 cm³/mol. The third-order valence-corrected chi connectivity index (χ3v) is 3.40. The van der Waals surface area contributed by atoms with Crippen molar-refractivity contribution in [2.75, 3.05) is 6.61 Å². The van der Waals surface area contributed by atoms with Gasteiger partial charge in [-0.15, -0.1) is 0 Å². The summed E-state index contributed by atoms with van der Waals surface area (Å²) in [4.78, 5) is 11.7. The number of carbonyl (C=O) groups is 1. The Morgan fingerprint density at radius 1 is 1.18 bits per heavy atom. The maximum atomic E-state index is 11.7. The first kappa shape index (κ1) is 16.7. The van der Waals surface area contributed by atoms with Gasteiger partial charge in [-0.1, -0.05) is 30.3 Å². The molecule has 1 aromatic rings. The van der Waals surface area contributed by atoms with Crippen molar-refractivity contribution in [2.24, 2.45) is 0 Å². The van der Waals surface area contributed by atoms with Gasteiger partial charge >= 0.3 is 6.09 Å². The van der Waals surface area contributed by atoms with Crippen LogP contribution in [-0.2, 0) is 16.1 Å². The number of aliphatic hydroxyl groups excluding tert-OH is 4. The molecule has 1 saturated heterocycles. The molecule has 8 nitrogen and oxygen atoms in total. The van der Waals surface area contributed by atoms with Gasteiger partial charge in [0.05, 0.1) is 6.61 Å². The van der Waals surface area contributed by atoms with E-state index in [1.54, 1.807) is 24.3 Å². The number of amides is 1. The summed E-state index contributed by atoms with van der Waals surface area (Å²) in [5.41, 5.74) is 0.777. The average Bonchev–Trinajstić information content (AvgIpc) is 2.54. The molecule has 1 aliphatic heterocycles. The largest absolute Gasteiger partial charge is 0.445 e. The molecular weight excluding hydrogens is 294 g/mol. The predicted octanol–water partition coefficient (Wildman–Crippen LogP) is -1.29. The number of hydrogen-bond acceptors (Lipinski definition) is 7. The number of hydrogen-bond donors (Lipinski definition) is 5. The molecule has 22 heavy (non-hydrogen) atoms. The van der Waals surface area contributed by atoms with Gasteiger partial charge in [0.25, 0.3) is 0 Å². The lowest BCUT2D eigenvalue weighted by molar-refractivity contribution is -0.253. The van der Waals surface area contributed by atoms with Gasteiger partial charge in [0.2, 0.25) is 0 Å². The fraction of sp³-hybridized carbons (Fsp3) is 0.500. The molecule has 2 rings (SSSR count). The van der Waals surface area contributed by atoms with Crippen LogP contribution in [0.2, 0.25) is 0 Å². The van der Waals surface area contributed by atoms with Crippen molar-refractivity contribution in [1.82, 2.24) is 5.32 Å². The summed E-state index contributed by atoms with van der Waals surface area (Å²) in [5, 5.41) is 40.5. The monoisotopic (exact) mass is 313 g/mol. The highest BCUT2D eigenvalue weighted by Crippen LogP contribution is 2.19. The normalized spacial score (nSPS) is 31.5. The Morgan fingerprint density at radius 2 is 1.86 bits per heavy atom. The van der Waals surface area contributed by atoms with Crippen LogP contribution >= 0.6 is 0 Å². The zero-order chi connectivity index (χ0) is 16.1. The molecule has 122 valence electrons. The van der Waals surface area contributed by atoms with E-state index in [1.807, 2.05) is 6.07 Å². The van der Waals surface area contributed by atoms with E-state index in [0.29, 0.717) is 0 Å². The molecule has 5 atom stereocenters. The number of nitrogens with one attached hydrogen (secondary N) is 1. The lowest BCUT2D eigenvalue weighted by Gasteiger charge is -2.39. The van der Waals surface area contributed by atoms with Crippen LogP contribution in [0.15, 0.2) is 30.3 Å². The van der Waals surface area contributed by atoms with Crippen molar-refractivity contribution in [3.8, 4) is 0 Å². The lowest BCUT2D eigenvalue weighted by atomic mass is 9.97. The fourth-order valence-electron chi connectivity index (χ4n) is 2.15. The van der Waals surface area contributed by atoms with Gasteiger partial charge < -0.3 is 35.2 Å². The Bertz CT molecular complexity index is 483. The molecule has 0 aliphatic carbocycles. The second kappa shape index (κ2) is 7.52. The smallest absolute Gasteiger partial charge is 0.407 e. The van der Waals surface area contributed by atoms with Crippen LogP contribution < -0.4 is 5.32 Å². The van der Waals surface area contributed by atoms with Crippen LogP contribution in [0, 0.1) is 0 Å². The van der Waals surface area contributed by atoms with Crippen molar-refractivity contribution >= 4 is 6.09 Å². The lowest BCUT2D eigenvalue weighted by Crippen LogP contribution is -2.64. The molecule has 0 saturated carbocycles. The summed E-state index contributed by atoms with van der Waals surface area (Å²) in [7, 11) is 0. The summed E-state index contributed by atoms with van der Waals surface area (Å²) >= 11 is 0. The second-order valence-electron chi connectivity index (χ2n) is 4.96. The number of ether oxygens (including phenoxy) is 2. The molecule has 1 heterocycles. The minimum Gasteiger partial charge on any atom is -0.445 e. The molecule has 0 bridgehead atoms. The van der Waals surface area contributed by atoms with Crippen LogP contribution in [0.4, 0.5) is 4.79 Å². The van der Waals surface area contributed by atoms with Crippen LogP contribution in [0.3, 0.4) is 0 Å². The van der Waals surface area contributed by atoms with E-state index in [2.05, 4.69) is 5.32 Å². The van der Waals surface area contributed by atoms with Gasteiger partial charge in [-0.3, -0.25) is 0 Å². The molecule has 0 radical (unpaired) electrons. The fourth-order valence-corrected chi connectivity index (χ4v) is 2.15. The third-order valence-electron chi connectivity index (χ3n) is 3.40. The Kier molecular flexibility index (Phi) is 5.69. The van der Waals surface area contributed by atoms with E-state index in [-0.39, 0.29) is 6.61 Å². The topological polar surface area (TPSA) is 128 Å². The SMILES string of the molecule is O=C(N[C@H]1[C@H](O)[C@@H](O)[C@@H](CO)O[C@H]1O)OCc1ccccc1. The highest BCUT2D eigenvalue weighted by atomic mass is 16.6. The van der Waals surface area contributed by atoms with E-state index in [1.165, 1.54) is 0 Å². The number of benzene rings is 1. The second-order valence-corrected chi connectivity index (χ2v) is 4.96. The minimum absolute atomic E-state index is 0.0221. The van der Waals surface area contributed by atoms with E-state index >= 15 is 0 Å². The highest BCUT2D eigenvalue weighted by Gasteiger charge is 2.44. The van der Waals surface area contributed by atoms with E-state index in [9.17, 15) is 20.1 Å². The van der Waals surface area contributed by atoms with Gasteiger partial charge in [0, 0.05) is 0 Å². The molecule has 0 unspecified atom stereocenters. The Morgan fingerprint density at radius 3 is 2.50 bits per heavy atom. The number of rotatable bonds is 4. The van der Waals surface area contributed by atoms with Crippen LogP contribution in [0.5, 0.6) is 0 Å². The summed E-state index contributed by atoms with van der Waals surface area (Å²) in [6, 6.07) is 7.71. The van der Waals surface area contributed by atoms with Gasteiger partial charge in [-0.25, -0.2) is 4.79 Å². The van der Waals surface area contributed by atoms with Crippen molar-refractivity contribution in [3.63, 3.8) is 0 Å². The molecule has 1 aliphatic rings. The minimum atomic E-state index is -1.57. The summed E-state index contributed by atoms with van der Waals surface area (Å²) < 4.78 is 9.88. The summed E-state index contributed by atoms with van der Waals surface area (Å²) in [5.74, 6) is 0. The van der Waals surface area contributed by atoms with Crippen LogP contribution in [0.25, 0.3) is 0 Å². The summed E-state index contributed by atoms with van der Waals surface area (Å²) in [6.07, 6.45) is -6.49. The molecule has 1 fully saturated rings. The molecule has 1 amide bonds. The first-order chi connectivity index (χ1) is 10.5. The molecule has 0 spiro atoms. The summed E-state index contributed by atoms with van der Waals surface area (Å²) in [6.45, 7) is -0.547. The quantitative estimate of drug-likeness (QED) is 0.468. The van der Waals surface area contributed by atoms with Gasteiger partial charge in [0.15, 0.2) is 6.29 Å². The zero-order valence-electron chi connectivity index (χ0n) is 11.7. The maximum absolute atomic E-state index is 11.7. The van der Waals surface area contributed by atoms with Crippen molar-refractivity contribution < 1.29 is 34.7 Å². The Labute approximate surface area is 126 Å². The van der Waals surface area contributed by atoms with E-state index in [0.717, 1.165) is 5.56 Å². The Hall–Kier alpha value is -1.71. The molecular formula is C14H19NO7. The molecule has 1 aromatic carbocycles. The van der Waals surface area contributed by atoms with E-state index < -0.39 is 43.3 Å². The van der Waals surface area contributed by atoms with Gasteiger partial charge in [-0.05, 0) is 5.56 Å². The number of carbonyl (C=O) groups excluding carboxylic acids is 1. The number of alkyl carbamates (subject to hydrolysis) is 1. The standard InChI is InChI=1S/C14H19NO7/c16-6-9-11(17)12(18)10(13(19)22-9)15-14(20)21-7-8-4-2-1-3-5-8/h1-5,9-13,16-19H,6-7H2,(H,15,20)/t9-,10+,11+,12+,13-/m1/s1. The van der Waals surface area contributed by atoms with E-state index in [4.69, 9.17) is 14.6 Å². The van der Waals surface area contributed by atoms with Crippen LogP contribution in [0.1, 0.15) is 5.56 Å². The zero-order valence-corrected chi connectivity index (χ0v) is 11.7. The highest BCUT2D eigenvalue weighted by molar-refractivity contribution is 5.67.